The second-order valence-corrected chi connectivity index (χ2v) is 7.33. The van der Waals surface area contributed by atoms with Crippen LogP contribution in [-0.4, -0.2) is 35.2 Å². The zero-order valence-corrected chi connectivity index (χ0v) is 18.9. The molecule has 1 aliphatic carbocycles. The summed E-state index contributed by atoms with van der Waals surface area (Å²) in [6, 6.07) is 15.3. The van der Waals surface area contributed by atoms with Gasteiger partial charge in [0.2, 0.25) is 5.36 Å². The fourth-order valence-corrected chi connectivity index (χ4v) is 3.88. The van der Waals surface area contributed by atoms with E-state index in [4.69, 9.17) is 4.42 Å². The van der Waals surface area contributed by atoms with Crippen LogP contribution in [-0.2, 0) is 0 Å². The molecular weight excluding hydrogens is 444 g/mol. The van der Waals surface area contributed by atoms with Crippen molar-refractivity contribution >= 4 is 28.6 Å². The molecule has 0 atom stereocenters. The maximum absolute atomic E-state index is 12.0. The lowest BCUT2D eigenvalue weighted by atomic mass is 9.89. The van der Waals surface area contributed by atoms with Gasteiger partial charge in [-0.3, -0.25) is 0 Å². The Labute approximate surface area is 196 Å². The van der Waals surface area contributed by atoms with Crippen molar-refractivity contribution in [2.75, 3.05) is 18.4 Å². The van der Waals surface area contributed by atoms with E-state index in [1.54, 1.807) is 0 Å². The first-order chi connectivity index (χ1) is 15.4. The molecule has 0 unspecified atom stereocenters. The third-order valence-electron chi connectivity index (χ3n) is 5.25. The molecular formula is C25H23ClN2O5. The number of nitrogens with one attached hydrogen (secondary N) is 2. The number of carboxylic acids is 2. The number of halogens is 1. The molecule has 33 heavy (non-hydrogen) atoms. The number of carbonyl (C=O) groups is 2. The Bertz CT molecular complexity index is 1390. The highest BCUT2D eigenvalue weighted by Crippen LogP contribution is 2.42. The van der Waals surface area contributed by atoms with Gasteiger partial charge in [0.05, 0.1) is 17.2 Å². The van der Waals surface area contributed by atoms with Crippen LogP contribution in [0.4, 0.5) is 5.69 Å². The molecule has 0 saturated carbocycles. The van der Waals surface area contributed by atoms with Gasteiger partial charge in [-0.2, -0.15) is 0 Å². The van der Waals surface area contributed by atoms with Crippen molar-refractivity contribution in [2.45, 2.75) is 13.8 Å². The first-order valence-electron chi connectivity index (χ1n) is 10.3. The highest BCUT2D eigenvalue weighted by atomic mass is 35.5. The molecule has 1 heterocycles. The van der Waals surface area contributed by atoms with Gasteiger partial charge < -0.3 is 32.4 Å². The summed E-state index contributed by atoms with van der Waals surface area (Å²) in [7, 11) is 0. The van der Waals surface area contributed by atoms with E-state index < -0.39 is 11.9 Å². The minimum atomic E-state index is -1.13. The lowest BCUT2D eigenvalue weighted by molar-refractivity contribution is -0.496. The number of benzene rings is 3. The average molecular weight is 467 g/mol. The summed E-state index contributed by atoms with van der Waals surface area (Å²) in [5.41, 5.74) is 3.12. The quantitative estimate of drug-likeness (QED) is 0.298. The van der Waals surface area contributed by atoms with Gasteiger partial charge in [0.1, 0.15) is 17.9 Å². The van der Waals surface area contributed by atoms with Crippen LogP contribution >= 0.6 is 0 Å². The van der Waals surface area contributed by atoms with Crippen molar-refractivity contribution in [3.8, 4) is 22.5 Å². The summed E-state index contributed by atoms with van der Waals surface area (Å²) in [4.78, 5) is 26.9. The second-order valence-electron chi connectivity index (χ2n) is 7.33. The van der Waals surface area contributed by atoms with Crippen molar-refractivity contribution in [2.24, 2.45) is 0 Å². The summed E-state index contributed by atoms with van der Waals surface area (Å²) >= 11 is 0. The van der Waals surface area contributed by atoms with Crippen LogP contribution in [0.3, 0.4) is 0 Å². The third kappa shape index (κ3) is 4.54. The van der Waals surface area contributed by atoms with E-state index in [2.05, 4.69) is 10.3 Å². The number of carboxylic acid groups (broad SMARTS) is 2. The number of anilines is 1. The van der Waals surface area contributed by atoms with Crippen LogP contribution < -0.4 is 28.1 Å². The molecule has 0 fully saturated rings. The van der Waals surface area contributed by atoms with E-state index in [1.165, 1.54) is 18.2 Å². The van der Waals surface area contributed by atoms with E-state index in [0.29, 0.717) is 33.4 Å². The normalized spacial score (nSPS) is 11.4. The van der Waals surface area contributed by atoms with Gasteiger partial charge in [0.15, 0.2) is 0 Å². The number of rotatable bonds is 6. The minimum absolute atomic E-state index is 0. The number of fused-ring (bicyclic) bond motifs is 2. The Morgan fingerprint density at radius 1 is 0.939 bits per heavy atom. The van der Waals surface area contributed by atoms with Crippen LogP contribution in [0.2, 0.25) is 0 Å². The molecule has 0 spiro atoms. The van der Waals surface area contributed by atoms with E-state index in [-0.39, 0.29) is 23.5 Å². The predicted molar refractivity (Wildman–Crippen MR) is 121 cm³/mol. The minimum Gasteiger partial charge on any atom is -1.00 e. The van der Waals surface area contributed by atoms with Crippen LogP contribution in [0.1, 0.15) is 34.6 Å². The molecule has 2 aromatic carbocycles. The summed E-state index contributed by atoms with van der Waals surface area (Å²) in [6.45, 7) is 5.46. The lowest BCUT2D eigenvalue weighted by Crippen LogP contribution is -3.00. The topological polar surface area (TPSA) is 114 Å². The average Bonchev–Trinajstić information content (AvgIpc) is 2.77. The van der Waals surface area contributed by atoms with Gasteiger partial charge in [0.25, 0.3) is 0 Å². The maximum Gasteiger partial charge on any atom is 0.336 e. The summed E-state index contributed by atoms with van der Waals surface area (Å²) in [5.74, 6) is -1.69. The number of aromatic carboxylic acids is 2. The van der Waals surface area contributed by atoms with Gasteiger partial charge in [0, 0.05) is 40.9 Å². The molecule has 7 nitrogen and oxygen atoms in total. The fourth-order valence-electron chi connectivity index (χ4n) is 3.88. The van der Waals surface area contributed by atoms with Gasteiger partial charge >= 0.3 is 11.9 Å². The lowest BCUT2D eigenvalue weighted by Gasteiger charge is -2.17. The largest absolute Gasteiger partial charge is 1.00 e. The Kier molecular flexibility index (Phi) is 7.04. The highest BCUT2D eigenvalue weighted by Gasteiger charge is 2.23. The number of hydrogen-bond acceptors (Lipinski definition) is 4. The van der Waals surface area contributed by atoms with Crippen LogP contribution in [0, 0.1) is 0 Å². The first-order valence-corrected chi connectivity index (χ1v) is 10.3. The van der Waals surface area contributed by atoms with Crippen LogP contribution in [0.15, 0.2) is 59.0 Å². The van der Waals surface area contributed by atoms with Gasteiger partial charge in [-0.15, -0.1) is 0 Å². The summed E-state index contributed by atoms with van der Waals surface area (Å²) < 4.78 is 6.22. The molecule has 0 amide bonds. The zero-order chi connectivity index (χ0) is 22.8. The molecule has 2 aromatic rings. The molecule has 170 valence electrons. The SMILES string of the molecule is CCNc1ccc2c(-c3cc(C(=O)O)ccc3C(=O)O)c3ccc(=[NH+]CC)cc-3oc2c1.[Cl-]. The molecule has 1 aliphatic heterocycles. The summed E-state index contributed by atoms with van der Waals surface area (Å²) in [5, 5.41) is 24.2. The van der Waals surface area contributed by atoms with Crippen LogP contribution in [0.25, 0.3) is 33.4 Å². The maximum atomic E-state index is 12.0. The molecule has 4 N–H and O–H groups in total. The van der Waals surface area contributed by atoms with Gasteiger partial charge in [-0.05, 0) is 55.8 Å². The molecule has 0 radical (unpaired) electrons. The third-order valence-corrected chi connectivity index (χ3v) is 5.25. The van der Waals surface area contributed by atoms with E-state index in [0.717, 1.165) is 24.1 Å². The zero-order valence-electron chi connectivity index (χ0n) is 18.1. The van der Waals surface area contributed by atoms with Gasteiger partial charge in [-0.25, -0.2) is 14.6 Å². The van der Waals surface area contributed by atoms with Gasteiger partial charge in [-0.1, -0.05) is 0 Å². The Morgan fingerprint density at radius 3 is 2.39 bits per heavy atom. The molecule has 0 saturated heterocycles. The molecule has 0 bridgehead atoms. The fraction of sp³-hybridized carbons (Fsp3) is 0.160. The van der Waals surface area contributed by atoms with E-state index >= 15 is 0 Å². The standard InChI is InChI=1S/C25H22N2O5.ClH/c1-3-26-15-6-9-18-21(12-15)32-22-13-16(27-4-2)7-10-19(22)23(18)20-11-14(24(28)29)5-8-17(20)25(30)31;/h5-13,26H,3-4H2,1-2H3,(H,28,29)(H,30,31);1H. The monoisotopic (exact) mass is 466 g/mol. The molecule has 2 aliphatic rings. The van der Waals surface area contributed by atoms with Crippen LogP contribution in [0.5, 0.6) is 0 Å². The van der Waals surface area contributed by atoms with Crippen molar-refractivity contribution < 1.29 is 41.6 Å². The predicted octanol–water partition coefficient (Wildman–Crippen LogP) is 0.0380. The summed E-state index contributed by atoms with van der Waals surface area (Å²) in [6.07, 6.45) is 0. The highest BCUT2D eigenvalue weighted by molar-refractivity contribution is 6.09. The van der Waals surface area contributed by atoms with Crippen molar-refractivity contribution in [1.82, 2.24) is 0 Å². The van der Waals surface area contributed by atoms with Crippen molar-refractivity contribution in [3.05, 3.63) is 71.1 Å². The van der Waals surface area contributed by atoms with E-state index in [1.807, 2.05) is 50.2 Å². The van der Waals surface area contributed by atoms with E-state index in [9.17, 15) is 19.8 Å². The molecule has 0 aromatic heterocycles. The van der Waals surface area contributed by atoms with Crippen molar-refractivity contribution in [1.29, 1.82) is 0 Å². The second kappa shape index (κ2) is 9.75. The molecule has 8 heteroatoms. The Hall–Kier alpha value is -3.84. The van der Waals surface area contributed by atoms with Crippen molar-refractivity contribution in [3.63, 3.8) is 0 Å². The molecule has 4 rings (SSSR count). The Balaban J connectivity index is 0.00000306. The smallest absolute Gasteiger partial charge is 0.336 e. The Morgan fingerprint density at radius 2 is 1.73 bits per heavy atom. The first kappa shape index (κ1) is 23.8. The number of hydrogen-bond donors (Lipinski definition) is 4.